The first-order chi connectivity index (χ1) is 9.54. The van der Waals surface area contributed by atoms with Crippen LogP contribution in [0.25, 0.3) is 11.2 Å². The summed E-state index contributed by atoms with van der Waals surface area (Å²) in [5.74, 6) is 0. The van der Waals surface area contributed by atoms with Gasteiger partial charge in [0.05, 0.1) is 6.54 Å². The molecule has 0 fully saturated rings. The molecule has 0 N–H and O–H groups in total. The number of halogens is 3. The van der Waals surface area contributed by atoms with Crippen LogP contribution < -0.4 is 0 Å². The summed E-state index contributed by atoms with van der Waals surface area (Å²) in [6.45, 7) is 2.68. The quantitative estimate of drug-likeness (QED) is 0.384. The number of aromatic nitrogens is 4. The Morgan fingerprint density at radius 3 is 2.50 bits per heavy atom. The van der Waals surface area contributed by atoms with Crippen LogP contribution >= 0.6 is 39.1 Å². The zero-order chi connectivity index (χ0) is 14.3. The molecule has 0 saturated heterocycles. The van der Waals surface area contributed by atoms with Crippen LogP contribution in [-0.4, -0.2) is 19.5 Å². The first-order valence-electron chi connectivity index (χ1n) is 5.85. The summed E-state index contributed by atoms with van der Waals surface area (Å²) in [4.78, 5) is 12.4. The van der Waals surface area contributed by atoms with Crippen molar-refractivity contribution in [3.05, 3.63) is 50.6 Å². The van der Waals surface area contributed by atoms with Gasteiger partial charge in [0.1, 0.15) is 5.52 Å². The predicted molar refractivity (Wildman–Crippen MR) is 83.3 cm³/mol. The lowest BCUT2D eigenvalue weighted by Crippen LogP contribution is -2.01. The molecule has 2 aromatic heterocycles. The van der Waals surface area contributed by atoms with E-state index in [-0.39, 0.29) is 10.4 Å². The van der Waals surface area contributed by atoms with Crippen LogP contribution in [0.5, 0.6) is 0 Å². The Bertz CT molecular complexity index is 783. The fourth-order valence-electron chi connectivity index (χ4n) is 1.93. The van der Waals surface area contributed by atoms with Gasteiger partial charge >= 0.3 is 0 Å². The number of benzene rings is 1. The molecule has 0 aliphatic rings. The van der Waals surface area contributed by atoms with Crippen LogP contribution in [0.4, 0.5) is 0 Å². The van der Waals surface area contributed by atoms with Crippen molar-refractivity contribution >= 4 is 50.3 Å². The number of fused-ring (bicyclic) bond motifs is 1. The van der Waals surface area contributed by atoms with Crippen LogP contribution in [0.3, 0.4) is 0 Å². The van der Waals surface area contributed by atoms with E-state index in [2.05, 4.69) is 62.1 Å². The Balaban J connectivity index is 2.11. The molecule has 0 amide bonds. The molecule has 0 aliphatic heterocycles. The van der Waals surface area contributed by atoms with E-state index in [1.165, 1.54) is 5.56 Å². The lowest BCUT2D eigenvalue weighted by atomic mass is 10.1. The van der Waals surface area contributed by atoms with Gasteiger partial charge in [-0.25, -0.2) is 9.97 Å². The van der Waals surface area contributed by atoms with Gasteiger partial charge in [0.2, 0.25) is 5.28 Å². The van der Waals surface area contributed by atoms with Crippen molar-refractivity contribution in [1.82, 2.24) is 19.5 Å². The highest BCUT2D eigenvalue weighted by Crippen LogP contribution is 2.26. The van der Waals surface area contributed by atoms with Crippen molar-refractivity contribution in [2.24, 2.45) is 0 Å². The molecule has 102 valence electrons. The molecule has 2 heterocycles. The van der Waals surface area contributed by atoms with Crippen molar-refractivity contribution < 1.29 is 0 Å². The Hall–Kier alpha value is -1.17. The fourth-order valence-corrected chi connectivity index (χ4v) is 2.82. The van der Waals surface area contributed by atoms with Crippen molar-refractivity contribution in [3.8, 4) is 0 Å². The molecule has 0 atom stereocenters. The molecular formula is C13H9BrCl2N4. The van der Waals surface area contributed by atoms with Crippen LogP contribution in [-0.2, 0) is 6.54 Å². The van der Waals surface area contributed by atoms with Crippen LogP contribution in [0.1, 0.15) is 11.1 Å². The number of aryl methyl sites for hydroxylation is 1. The lowest BCUT2D eigenvalue weighted by Gasteiger charge is -2.06. The average molecular weight is 372 g/mol. The zero-order valence-electron chi connectivity index (χ0n) is 10.4. The molecule has 1 aromatic carbocycles. The molecule has 0 unspecified atom stereocenters. The molecule has 20 heavy (non-hydrogen) atoms. The van der Waals surface area contributed by atoms with Gasteiger partial charge in [-0.3, -0.25) is 4.57 Å². The Morgan fingerprint density at radius 2 is 1.80 bits per heavy atom. The smallest absolute Gasteiger partial charge is 0.225 e. The van der Waals surface area contributed by atoms with Crippen molar-refractivity contribution in [1.29, 1.82) is 0 Å². The third kappa shape index (κ3) is 2.53. The number of imidazole rings is 1. The van der Waals surface area contributed by atoms with Crippen molar-refractivity contribution in [2.75, 3.05) is 0 Å². The highest BCUT2D eigenvalue weighted by Gasteiger charge is 2.15. The minimum Gasteiger partial charge on any atom is -0.299 e. The summed E-state index contributed by atoms with van der Waals surface area (Å²) in [5.41, 5.74) is 3.51. The third-order valence-electron chi connectivity index (χ3n) is 2.94. The molecule has 0 radical (unpaired) electrons. The SMILES string of the molecule is Cc1ccc(Cn2c(Br)nc3c(Cl)nc(Cl)nc32)cc1. The summed E-state index contributed by atoms with van der Waals surface area (Å²) in [6, 6.07) is 8.27. The normalized spacial score (nSPS) is 11.2. The summed E-state index contributed by atoms with van der Waals surface area (Å²) in [5, 5.41) is 0.364. The van der Waals surface area contributed by atoms with Crippen molar-refractivity contribution in [3.63, 3.8) is 0 Å². The van der Waals surface area contributed by atoms with Gasteiger partial charge in [-0.15, -0.1) is 0 Å². The Kier molecular flexibility index (Phi) is 3.67. The van der Waals surface area contributed by atoms with Gasteiger partial charge in [0, 0.05) is 0 Å². The minimum atomic E-state index is 0.111. The second-order valence-corrected chi connectivity index (χ2v) is 5.81. The molecule has 4 nitrogen and oxygen atoms in total. The zero-order valence-corrected chi connectivity index (χ0v) is 13.5. The molecule has 3 aromatic rings. The van der Waals surface area contributed by atoms with Gasteiger partial charge < -0.3 is 0 Å². The standard InChI is InChI=1S/C13H9BrCl2N4/c1-7-2-4-8(5-3-7)6-20-11-9(17-12(20)14)10(15)18-13(16)19-11/h2-5H,6H2,1H3. The molecule has 0 aliphatic carbocycles. The van der Waals surface area contributed by atoms with Crippen molar-refractivity contribution in [2.45, 2.75) is 13.5 Å². The van der Waals surface area contributed by atoms with E-state index >= 15 is 0 Å². The average Bonchev–Trinajstić information content (AvgIpc) is 2.70. The predicted octanol–water partition coefficient (Wildman–Crippen LogP) is 4.25. The van der Waals surface area contributed by atoms with E-state index in [4.69, 9.17) is 23.2 Å². The molecule has 0 saturated carbocycles. The highest BCUT2D eigenvalue weighted by atomic mass is 79.9. The summed E-state index contributed by atoms with van der Waals surface area (Å²) >= 11 is 15.3. The van der Waals surface area contributed by atoms with Crippen LogP contribution in [0.2, 0.25) is 10.4 Å². The van der Waals surface area contributed by atoms with Gasteiger partial charge in [0.25, 0.3) is 0 Å². The molecule has 0 bridgehead atoms. The number of hydrogen-bond donors (Lipinski definition) is 0. The maximum atomic E-state index is 6.04. The van der Waals surface area contributed by atoms with Gasteiger partial charge in [-0.05, 0) is 40.0 Å². The van der Waals surface area contributed by atoms with E-state index in [0.717, 1.165) is 5.56 Å². The molecule has 3 rings (SSSR count). The summed E-state index contributed by atoms with van der Waals surface area (Å²) in [6.07, 6.45) is 0. The topological polar surface area (TPSA) is 43.6 Å². The first-order valence-corrected chi connectivity index (χ1v) is 7.40. The maximum Gasteiger partial charge on any atom is 0.225 e. The molecular weight excluding hydrogens is 363 g/mol. The van der Waals surface area contributed by atoms with Gasteiger partial charge in [0.15, 0.2) is 15.5 Å². The fraction of sp³-hybridized carbons (Fsp3) is 0.154. The number of rotatable bonds is 2. The van der Waals surface area contributed by atoms with E-state index < -0.39 is 0 Å². The van der Waals surface area contributed by atoms with E-state index in [9.17, 15) is 0 Å². The van der Waals surface area contributed by atoms with E-state index in [1.54, 1.807) is 0 Å². The number of hydrogen-bond acceptors (Lipinski definition) is 3. The first kappa shape index (κ1) is 13.8. The largest absolute Gasteiger partial charge is 0.299 e. The van der Waals surface area contributed by atoms with E-state index in [0.29, 0.717) is 22.4 Å². The number of nitrogens with zero attached hydrogens (tertiary/aromatic N) is 4. The summed E-state index contributed by atoms with van der Waals surface area (Å²) in [7, 11) is 0. The van der Waals surface area contributed by atoms with Gasteiger partial charge in [-0.2, -0.15) is 4.98 Å². The van der Waals surface area contributed by atoms with Gasteiger partial charge in [-0.1, -0.05) is 41.4 Å². The third-order valence-corrected chi connectivity index (χ3v) is 3.98. The molecule has 7 heteroatoms. The Morgan fingerprint density at radius 1 is 1.10 bits per heavy atom. The van der Waals surface area contributed by atoms with Crippen LogP contribution in [0.15, 0.2) is 29.0 Å². The second-order valence-electron chi connectivity index (χ2n) is 4.41. The molecule has 0 spiro atoms. The Labute approximate surface area is 133 Å². The maximum absolute atomic E-state index is 6.04. The van der Waals surface area contributed by atoms with E-state index in [1.807, 2.05) is 4.57 Å². The second kappa shape index (κ2) is 5.31. The highest BCUT2D eigenvalue weighted by molar-refractivity contribution is 9.10. The monoisotopic (exact) mass is 370 g/mol. The minimum absolute atomic E-state index is 0.111. The lowest BCUT2D eigenvalue weighted by molar-refractivity contribution is 0.790. The summed E-state index contributed by atoms with van der Waals surface area (Å²) < 4.78 is 2.55. The van der Waals surface area contributed by atoms with Crippen LogP contribution in [0, 0.1) is 6.92 Å².